The molecule has 0 atom stereocenters. The molecule has 3 aromatic rings. The second-order valence-electron chi connectivity index (χ2n) is 5.01. The largest absolute Gasteiger partial charge is 0.249 e. The topological polar surface area (TPSA) is 38.7 Å². The van der Waals surface area contributed by atoms with Gasteiger partial charge in [0, 0.05) is 11.6 Å². The average molecular weight is 304 g/mol. The number of halogens is 1. The molecule has 2 aromatic heterocycles. The molecule has 1 aromatic carbocycles. The maximum Gasteiger partial charge on any atom is 0.173 e. The molecule has 0 aliphatic carbocycles. The Hall–Kier alpha value is -1.52. The average Bonchev–Trinajstić information content (AvgIpc) is 2.85. The van der Waals surface area contributed by atoms with Crippen LogP contribution in [0.25, 0.3) is 21.6 Å². The predicted octanol–water partition coefficient (Wildman–Crippen LogP) is 4.84. The molecule has 5 heteroatoms. The van der Waals surface area contributed by atoms with Gasteiger partial charge in [-0.05, 0) is 30.5 Å². The van der Waals surface area contributed by atoms with Gasteiger partial charge in [-0.3, -0.25) is 0 Å². The van der Waals surface area contributed by atoms with E-state index in [0.29, 0.717) is 16.9 Å². The van der Waals surface area contributed by atoms with Gasteiger partial charge in [0.2, 0.25) is 0 Å². The molecule has 0 aliphatic rings. The van der Waals surface area contributed by atoms with Gasteiger partial charge in [-0.15, -0.1) is 11.3 Å². The van der Waals surface area contributed by atoms with Crippen molar-refractivity contribution >= 4 is 33.8 Å². The van der Waals surface area contributed by atoms with Crippen molar-refractivity contribution in [2.24, 2.45) is 0 Å². The Labute approximate surface area is 126 Å². The minimum absolute atomic E-state index is 0.458. The molecule has 0 saturated heterocycles. The molecule has 0 unspecified atom stereocenters. The molecule has 0 N–H and O–H groups in total. The van der Waals surface area contributed by atoms with E-state index in [2.05, 4.69) is 40.9 Å². The van der Waals surface area contributed by atoms with E-state index in [9.17, 15) is 0 Å². The summed E-state index contributed by atoms with van der Waals surface area (Å²) < 4.78 is 0. The van der Waals surface area contributed by atoms with Gasteiger partial charge in [0.1, 0.15) is 5.15 Å². The molecule has 3 rings (SSSR count). The smallest absolute Gasteiger partial charge is 0.173 e. The molecule has 102 valence electrons. The zero-order valence-corrected chi connectivity index (χ0v) is 13.1. The highest BCUT2D eigenvalue weighted by atomic mass is 35.5. The van der Waals surface area contributed by atoms with E-state index in [1.807, 2.05) is 13.0 Å². The van der Waals surface area contributed by atoms with Gasteiger partial charge >= 0.3 is 0 Å². The highest BCUT2D eigenvalue weighted by Gasteiger charge is 2.11. The van der Waals surface area contributed by atoms with Crippen molar-refractivity contribution in [3.8, 4) is 10.7 Å². The molecule has 20 heavy (non-hydrogen) atoms. The molecule has 0 saturated carbocycles. The molecule has 3 nitrogen and oxygen atoms in total. The Morgan fingerprint density at radius 2 is 2.00 bits per heavy atom. The fourth-order valence-electron chi connectivity index (χ4n) is 2.04. The standard InChI is InChI=1S/C15H14ClN3S/c1-8(2)10-4-5-12-11(6-10)14(16)19-15(18-12)13-7-17-9(3)20-13/h4-8H,1-3H3. The van der Waals surface area contributed by atoms with E-state index in [1.54, 1.807) is 17.5 Å². The fourth-order valence-corrected chi connectivity index (χ4v) is 2.99. The van der Waals surface area contributed by atoms with Crippen molar-refractivity contribution < 1.29 is 0 Å². The third-order valence-corrected chi connectivity index (χ3v) is 4.38. The maximum atomic E-state index is 6.33. The van der Waals surface area contributed by atoms with Crippen molar-refractivity contribution in [2.75, 3.05) is 0 Å². The summed E-state index contributed by atoms with van der Waals surface area (Å²) in [6.45, 7) is 6.28. The van der Waals surface area contributed by atoms with Crippen LogP contribution >= 0.6 is 22.9 Å². The van der Waals surface area contributed by atoms with Gasteiger partial charge in [0.05, 0.1) is 15.4 Å². The van der Waals surface area contributed by atoms with Gasteiger partial charge in [0.25, 0.3) is 0 Å². The lowest BCUT2D eigenvalue weighted by molar-refractivity contribution is 0.868. The van der Waals surface area contributed by atoms with E-state index < -0.39 is 0 Å². The number of thiazole rings is 1. The number of benzene rings is 1. The second kappa shape index (κ2) is 5.11. The minimum atomic E-state index is 0.458. The van der Waals surface area contributed by atoms with Crippen molar-refractivity contribution in [2.45, 2.75) is 26.7 Å². The third-order valence-electron chi connectivity index (χ3n) is 3.18. The Morgan fingerprint density at radius 1 is 1.20 bits per heavy atom. The molecular formula is C15H14ClN3S. The normalized spacial score (nSPS) is 11.4. The lowest BCUT2D eigenvalue weighted by Crippen LogP contribution is -1.93. The van der Waals surface area contributed by atoms with Crippen molar-refractivity contribution in [1.82, 2.24) is 15.0 Å². The van der Waals surface area contributed by atoms with Crippen LogP contribution in [0.5, 0.6) is 0 Å². The summed E-state index contributed by atoms with van der Waals surface area (Å²) in [7, 11) is 0. The van der Waals surface area contributed by atoms with Crippen molar-refractivity contribution in [3.05, 3.63) is 40.1 Å². The first-order valence-corrected chi connectivity index (χ1v) is 7.64. The van der Waals surface area contributed by atoms with E-state index in [4.69, 9.17) is 11.6 Å². The first-order chi connectivity index (χ1) is 9.54. The van der Waals surface area contributed by atoms with Crippen LogP contribution in [0, 0.1) is 6.92 Å². The summed E-state index contributed by atoms with van der Waals surface area (Å²) in [5.74, 6) is 1.10. The van der Waals surface area contributed by atoms with E-state index in [-0.39, 0.29) is 0 Å². The van der Waals surface area contributed by atoms with Gasteiger partial charge in [-0.2, -0.15) is 0 Å². The number of aromatic nitrogens is 3. The monoisotopic (exact) mass is 303 g/mol. The fraction of sp³-hybridized carbons (Fsp3) is 0.267. The van der Waals surface area contributed by atoms with Gasteiger partial charge in [-0.25, -0.2) is 15.0 Å². The molecule has 0 fully saturated rings. The van der Waals surface area contributed by atoms with Crippen LogP contribution in [0.15, 0.2) is 24.4 Å². The molecule has 0 bridgehead atoms. The summed E-state index contributed by atoms with van der Waals surface area (Å²) in [5, 5.41) is 2.40. The highest BCUT2D eigenvalue weighted by Crippen LogP contribution is 2.29. The molecule has 0 radical (unpaired) electrons. The molecular weight excluding hydrogens is 290 g/mol. The minimum Gasteiger partial charge on any atom is -0.249 e. The van der Waals surface area contributed by atoms with E-state index in [1.165, 1.54) is 5.56 Å². The second-order valence-corrected chi connectivity index (χ2v) is 6.61. The van der Waals surface area contributed by atoms with Gasteiger partial charge in [0.15, 0.2) is 5.82 Å². The van der Waals surface area contributed by atoms with Crippen molar-refractivity contribution in [3.63, 3.8) is 0 Å². The zero-order valence-electron chi connectivity index (χ0n) is 11.5. The predicted molar refractivity (Wildman–Crippen MR) is 84.5 cm³/mol. The lowest BCUT2D eigenvalue weighted by atomic mass is 10.0. The Kier molecular flexibility index (Phi) is 3.44. The quantitative estimate of drug-likeness (QED) is 0.636. The summed E-state index contributed by atoms with van der Waals surface area (Å²) in [5.41, 5.74) is 2.11. The summed E-state index contributed by atoms with van der Waals surface area (Å²) in [6, 6.07) is 6.18. The highest BCUT2D eigenvalue weighted by molar-refractivity contribution is 7.14. The van der Waals surface area contributed by atoms with Crippen LogP contribution in [0.4, 0.5) is 0 Å². The van der Waals surface area contributed by atoms with Crippen LogP contribution < -0.4 is 0 Å². The van der Waals surface area contributed by atoms with Gasteiger partial charge in [-0.1, -0.05) is 31.5 Å². The summed E-state index contributed by atoms with van der Waals surface area (Å²) >= 11 is 7.90. The number of aryl methyl sites for hydroxylation is 1. The Balaban J connectivity index is 2.17. The van der Waals surface area contributed by atoms with Crippen molar-refractivity contribution in [1.29, 1.82) is 0 Å². The van der Waals surface area contributed by atoms with Crippen LogP contribution in [-0.2, 0) is 0 Å². The Bertz CT molecular complexity index is 780. The Morgan fingerprint density at radius 3 is 2.65 bits per heavy atom. The number of hydrogen-bond donors (Lipinski definition) is 0. The zero-order chi connectivity index (χ0) is 14.3. The first-order valence-electron chi connectivity index (χ1n) is 6.44. The number of hydrogen-bond acceptors (Lipinski definition) is 4. The van der Waals surface area contributed by atoms with E-state index >= 15 is 0 Å². The summed E-state index contributed by atoms with van der Waals surface area (Å²) in [4.78, 5) is 14.2. The molecule has 0 spiro atoms. The van der Waals surface area contributed by atoms with Crippen LogP contribution in [0.2, 0.25) is 5.15 Å². The molecule has 2 heterocycles. The molecule has 0 amide bonds. The number of fused-ring (bicyclic) bond motifs is 1. The van der Waals surface area contributed by atoms with E-state index in [0.717, 1.165) is 20.8 Å². The number of nitrogens with zero attached hydrogens (tertiary/aromatic N) is 3. The summed E-state index contributed by atoms with van der Waals surface area (Å²) in [6.07, 6.45) is 1.79. The maximum absolute atomic E-state index is 6.33. The first kappa shape index (κ1) is 13.5. The van der Waals surface area contributed by atoms with Crippen LogP contribution in [0.3, 0.4) is 0 Å². The lowest BCUT2D eigenvalue weighted by Gasteiger charge is -2.08. The number of rotatable bonds is 2. The third kappa shape index (κ3) is 2.41. The van der Waals surface area contributed by atoms with Gasteiger partial charge < -0.3 is 0 Å². The van der Waals surface area contributed by atoms with Crippen LogP contribution in [-0.4, -0.2) is 15.0 Å². The van der Waals surface area contributed by atoms with Crippen LogP contribution in [0.1, 0.15) is 30.3 Å². The SMILES string of the molecule is Cc1ncc(-c2nc(Cl)c3cc(C(C)C)ccc3n2)s1. The molecule has 0 aliphatic heterocycles.